The summed E-state index contributed by atoms with van der Waals surface area (Å²) in [5.74, 6) is 4.40. The second kappa shape index (κ2) is 22.2. The molecule has 3 fully saturated rings. The van der Waals surface area contributed by atoms with Crippen molar-refractivity contribution in [3.05, 3.63) is 191 Å². The minimum absolute atomic E-state index is 0.189. The summed E-state index contributed by atoms with van der Waals surface area (Å²) in [7, 11) is 0. The first-order valence-corrected chi connectivity index (χ1v) is 22.4. The number of hydrogen-bond donors (Lipinski definition) is 0. The molecular weight excluding hydrogens is 837 g/mol. The molecule has 0 radical (unpaired) electrons. The van der Waals surface area contributed by atoms with E-state index in [9.17, 15) is 9.59 Å². The predicted molar refractivity (Wildman–Crippen MR) is 249 cm³/mol. The van der Waals surface area contributed by atoms with E-state index < -0.39 is 0 Å². The average Bonchev–Trinajstić information content (AvgIpc) is 4.16. The fraction of sp³-hybridized carbons (Fsp3) is 0.283. The number of rotatable bonds is 15. The van der Waals surface area contributed by atoms with Crippen LogP contribution in [0.25, 0.3) is 6.08 Å². The molecule has 3 aliphatic carbocycles. The Kier molecular flexibility index (Phi) is 15.7. The van der Waals surface area contributed by atoms with Gasteiger partial charge in [0.2, 0.25) is 11.8 Å². The van der Waals surface area contributed by atoms with Crippen LogP contribution in [0.5, 0.6) is 17.5 Å². The van der Waals surface area contributed by atoms with Gasteiger partial charge in [0.05, 0.1) is 0 Å². The fourth-order valence-electron chi connectivity index (χ4n) is 7.91. The lowest BCUT2D eigenvalue weighted by Crippen LogP contribution is -2.13. The van der Waals surface area contributed by atoms with Crippen LogP contribution < -0.4 is 9.47 Å². The molecule has 316 valence electrons. The maximum absolute atomic E-state index is 12.4. The number of aromatic nitrogens is 4. The number of hydrogen-bond acceptors (Lipinski definition) is 8. The molecule has 5 aromatic rings. The molecule has 0 unspecified atom stereocenters. The van der Waals surface area contributed by atoms with E-state index in [1.165, 1.54) is 29.6 Å². The maximum Gasteiger partial charge on any atom is 0.219 e. The molecule has 0 bridgehead atoms. The van der Waals surface area contributed by atoms with Gasteiger partial charge in [0.15, 0.2) is 11.6 Å². The van der Waals surface area contributed by atoms with Gasteiger partial charge in [-0.2, -0.15) is 0 Å². The summed E-state index contributed by atoms with van der Waals surface area (Å²) in [6.07, 6.45) is 30.4. The number of carbonyl (C=O) groups excluding carboxylic acids is 2. The maximum atomic E-state index is 12.4. The number of halogens is 1. The van der Waals surface area contributed by atoms with Crippen molar-refractivity contribution < 1.29 is 19.1 Å². The molecule has 0 atom stereocenters. The summed E-state index contributed by atoms with van der Waals surface area (Å²) in [5, 5.41) is 0. The number of nitrogens with zero attached hydrogens (tertiary/aromatic N) is 4. The Bertz CT molecular complexity index is 2390. The van der Waals surface area contributed by atoms with Crippen molar-refractivity contribution in [1.29, 1.82) is 0 Å². The van der Waals surface area contributed by atoms with Gasteiger partial charge in [-0.15, -0.1) is 0 Å². The summed E-state index contributed by atoms with van der Waals surface area (Å²) < 4.78 is 12.6. The second-order valence-electron chi connectivity index (χ2n) is 16.3. The van der Waals surface area contributed by atoms with Gasteiger partial charge in [0.1, 0.15) is 11.5 Å². The normalized spacial score (nSPS) is 17.5. The molecular formula is C53H53BrN4O4. The van der Waals surface area contributed by atoms with Crippen molar-refractivity contribution in [3.8, 4) is 17.5 Å². The number of benzene rings is 1. The molecule has 8 rings (SSSR count). The van der Waals surface area contributed by atoms with E-state index in [0.29, 0.717) is 53.7 Å². The monoisotopic (exact) mass is 888 g/mol. The highest BCUT2D eigenvalue weighted by Gasteiger charge is 2.24. The van der Waals surface area contributed by atoms with Crippen molar-refractivity contribution in [2.45, 2.75) is 83.0 Å². The molecule has 8 nitrogen and oxygen atoms in total. The molecule has 0 saturated heterocycles. The minimum atomic E-state index is 0.189. The molecule has 3 aliphatic rings. The van der Waals surface area contributed by atoms with Crippen LogP contribution in [-0.2, 0) is 0 Å². The quantitative estimate of drug-likeness (QED) is 0.0581. The smallest absolute Gasteiger partial charge is 0.219 e. The summed E-state index contributed by atoms with van der Waals surface area (Å²) in [5.41, 5.74) is 7.62. The van der Waals surface area contributed by atoms with Crippen LogP contribution in [0.15, 0.2) is 168 Å². The molecule has 4 aromatic heterocycles. The molecule has 0 spiro atoms. The number of ketones is 2. The zero-order valence-corrected chi connectivity index (χ0v) is 36.7. The number of allylic oxidation sites excluding steroid dienone is 6. The lowest BCUT2D eigenvalue weighted by molar-refractivity contribution is 0.0945. The SMILES string of the molecule is C=C/C(C=C1CCC(CC(=O)c2cccnc2)CC1)=C\C(=C)Oc1ccc(C2CC2)cn1.O=C(CC1CCC(=Cc2cccc(Oc3ccc(Br)cn3)c2)CC1)c1cccnc1. The summed E-state index contributed by atoms with van der Waals surface area (Å²) in [4.78, 5) is 41.6. The van der Waals surface area contributed by atoms with E-state index in [-0.39, 0.29) is 11.6 Å². The fourth-order valence-corrected chi connectivity index (χ4v) is 8.15. The zero-order valence-electron chi connectivity index (χ0n) is 35.1. The van der Waals surface area contributed by atoms with Gasteiger partial charge in [-0.1, -0.05) is 60.7 Å². The molecule has 0 N–H and O–H groups in total. The molecule has 0 amide bonds. The molecule has 3 saturated carbocycles. The molecule has 62 heavy (non-hydrogen) atoms. The van der Waals surface area contributed by atoms with Crippen molar-refractivity contribution in [3.63, 3.8) is 0 Å². The van der Waals surface area contributed by atoms with Gasteiger partial charge in [0.25, 0.3) is 0 Å². The van der Waals surface area contributed by atoms with Gasteiger partial charge < -0.3 is 9.47 Å². The van der Waals surface area contributed by atoms with Crippen molar-refractivity contribution in [1.82, 2.24) is 19.9 Å². The topological polar surface area (TPSA) is 104 Å². The Morgan fingerprint density at radius 2 is 1.34 bits per heavy atom. The Balaban J connectivity index is 0.000000187. The number of carbonyl (C=O) groups is 2. The van der Waals surface area contributed by atoms with Crippen LogP contribution in [0.3, 0.4) is 0 Å². The highest BCUT2D eigenvalue weighted by molar-refractivity contribution is 9.10. The summed E-state index contributed by atoms with van der Waals surface area (Å²) >= 11 is 3.38. The second-order valence-corrected chi connectivity index (χ2v) is 17.3. The third-order valence-corrected chi connectivity index (χ3v) is 12.0. The summed E-state index contributed by atoms with van der Waals surface area (Å²) in [6, 6.07) is 23.1. The zero-order chi connectivity index (χ0) is 43.1. The first-order valence-electron chi connectivity index (χ1n) is 21.6. The van der Waals surface area contributed by atoms with E-state index in [4.69, 9.17) is 9.47 Å². The summed E-state index contributed by atoms with van der Waals surface area (Å²) in [6.45, 7) is 7.95. The lowest BCUT2D eigenvalue weighted by Gasteiger charge is -2.23. The molecule has 0 aliphatic heterocycles. The lowest BCUT2D eigenvalue weighted by atomic mass is 9.82. The average molecular weight is 890 g/mol. The van der Waals surface area contributed by atoms with E-state index in [1.54, 1.807) is 31.0 Å². The van der Waals surface area contributed by atoms with Gasteiger partial charge in [-0.05, 0) is 163 Å². The molecule has 1 aromatic carbocycles. The van der Waals surface area contributed by atoms with E-state index in [0.717, 1.165) is 78.3 Å². The predicted octanol–water partition coefficient (Wildman–Crippen LogP) is 13.6. The number of ether oxygens (including phenoxy) is 2. The van der Waals surface area contributed by atoms with Crippen LogP contribution in [0.2, 0.25) is 0 Å². The van der Waals surface area contributed by atoms with Gasteiger partial charge in [-0.3, -0.25) is 19.6 Å². The highest BCUT2D eigenvalue weighted by Crippen LogP contribution is 2.40. The van der Waals surface area contributed by atoms with Gasteiger partial charge in [-0.25, -0.2) is 9.97 Å². The Morgan fingerprint density at radius 1 is 0.710 bits per heavy atom. The van der Waals surface area contributed by atoms with Crippen LogP contribution in [0.4, 0.5) is 0 Å². The van der Waals surface area contributed by atoms with Crippen molar-refractivity contribution in [2.24, 2.45) is 11.8 Å². The van der Waals surface area contributed by atoms with Crippen LogP contribution in [0.1, 0.15) is 115 Å². The van der Waals surface area contributed by atoms with E-state index >= 15 is 0 Å². The largest absolute Gasteiger partial charge is 0.440 e. The first-order chi connectivity index (χ1) is 30.3. The van der Waals surface area contributed by atoms with Crippen LogP contribution in [0, 0.1) is 11.8 Å². The Morgan fingerprint density at radius 3 is 1.89 bits per heavy atom. The van der Waals surface area contributed by atoms with E-state index in [1.807, 2.05) is 79.0 Å². The van der Waals surface area contributed by atoms with Crippen LogP contribution in [-0.4, -0.2) is 31.5 Å². The third-order valence-electron chi connectivity index (χ3n) is 11.5. The molecule has 9 heteroatoms. The van der Waals surface area contributed by atoms with E-state index in [2.05, 4.69) is 73.3 Å². The standard InChI is InChI=1S/C28H30N2O2.C25H23BrN2O2/c1-3-21(15-20(2)32-28-13-12-25(19-30-28)24-10-11-24)16-22-6-8-23(9-7-22)17-27(31)26-5-4-14-29-18-26;26-22-10-11-25(28-17-22)30-23-5-1-3-20(14-23)13-18-6-8-19(9-7-18)15-24(29)21-4-2-12-27-16-21/h3-5,12-16,18-19,23-24H,1-2,6-11,17H2;1-5,10-14,16-17,19H,6-9,15H2/b21-15+,22-16?;. The van der Waals surface area contributed by atoms with Crippen LogP contribution >= 0.6 is 15.9 Å². The Hall–Kier alpha value is -6.06. The Labute approximate surface area is 373 Å². The first kappa shape index (κ1) is 44.0. The molecule has 4 heterocycles. The van der Waals surface area contributed by atoms with Gasteiger partial charge in [0, 0.05) is 77.8 Å². The van der Waals surface area contributed by atoms with Gasteiger partial charge >= 0.3 is 0 Å². The van der Waals surface area contributed by atoms with Crippen molar-refractivity contribution >= 4 is 33.6 Å². The number of pyridine rings is 4. The highest BCUT2D eigenvalue weighted by atomic mass is 79.9. The third kappa shape index (κ3) is 13.7. The minimum Gasteiger partial charge on any atom is -0.440 e. The van der Waals surface area contributed by atoms with Crippen molar-refractivity contribution in [2.75, 3.05) is 0 Å². The number of Topliss-reactive ketones (excluding diaryl/α,β-unsaturated/α-hetero) is 2.